The number of rotatable bonds is 6. The normalized spacial score (nSPS) is 24.4. The summed E-state index contributed by atoms with van der Waals surface area (Å²) in [6.45, 7) is 0. The van der Waals surface area contributed by atoms with Crippen molar-refractivity contribution in [2.45, 2.75) is 55.7 Å². The summed E-state index contributed by atoms with van der Waals surface area (Å²) in [4.78, 5) is 0. The summed E-state index contributed by atoms with van der Waals surface area (Å²) in [5, 5.41) is 8.25. The minimum atomic E-state index is -2.47. The van der Waals surface area contributed by atoms with E-state index in [1.165, 1.54) is 22.3 Å². The van der Waals surface area contributed by atoms with E-state index < -0.39 is 14.6 Å². The summed E-state index contributed by atoms with van der Waals surface area (Å²) >= 11 is 0. The van der Waals surface area contributed by atoms with E-state index in [4.69, 9.17) is 5.11 Å². The first kappa shape index (κ1) is 40.4. The Bertz CT molecular complexity index is 1300. The van der Waals surface area contributed by atoms with Gasteiger partial charge in [0.15, 0.2) is 14.6 Å². The summed E-state index contributed by atoms with van der Waals surface area (Å²) in [5.41, 5.74) is 5.47. The SMILES string of the molecule is C.CN(C)P1(=O)[C@@H](c2ccccc2)CC[C@@H]1c1ccccc1.CN(C)P1(=O)[C@@H](c2ccccc2)CC[C@H]1c1ccccc1.C[O-].[Na+]. The van der Waals surface area contributed by atoms with Crippen LogP contribution in [0.1, 0.15) is 78.0 Å². The molecule has 0 N–H and O–H groups in total. The summed E-state index contributed by atoms with van der Waals surface area (Å²) in [6.07, 6.45) is 4.00. The van der Waals surface area contributed by atoms with Gasteiger partial charge in [0.1, 0.15) is 0 Å². The zero-order chi connectivity index (χ0) is 31.7. The van der Waals surface area contributed by atoms with Gasteiger partial charge in [0.25, 0.3) is 0 Å². The predicted octanol–water partition coefficient (Wildman–Crippen LogP) is 6.82. The molecule has 8 heteroatoms. The largest absolute Gasteiger partial charge is 1.00 e. The molecule has 2 fully saturated rings. The Morgan fingerprint density at radius 2 is 0.630 bits per heavy atom. The molecule has 242 valence electrons. The number of hydrogen-bond donors (Lipinski definition) is 0. The van der Waals surface area contributed by atoms with Crippen LogP contribution in [0.4, 0.5) is 0 Å². The fourth-order valence-electron chi connectivity index (χ4n) is 7.14. The van der Waals surface area contributed by atoms with Crippen molar-refractivity contribution in [3.05, 3.63) is 144 Å². The molecule has 4 aromatic carbocycles. The number of hydrogen-bond acceptors (Lipinski definition) is 3. The van der Waals surface area contributed by atoms with Crippen molar-refractivity contribution in [2.24, 2.45) is 0 Å². The Morgan fingerprint density at radius 1 is 0.457 bits per heavy atom. The van der Waals surface area contributed by atoms with E-state index in [9.17, 15) is 9.13 Å². The third-order valence-electron chi connectivity index (χ3n) is 9.20. The maximum absolute atomic E-state index is 13.9. The van der Waals surface area contributed by atoms with Gasteiger partial charge in [-0.3, -0.25) is 9.34 Å². The third-order valence-corrected chi connectivity index (χ3v) is 17.5. The molecule has 46 heavy (non-hydrogen) atoms. The Kier molecular flexibility index (Phi) is 16.4. The van der Waals surface area contributed by atoms with Crippen LogP contribution in [0.2, 0.25) is 0 Å². The van der Waals surface area contributed by atoms with E-state index in [2.05, 4.69) is 48.5 Å². The van der Waals surface area contributed by atoms with Crippen molar-refractivity contribution in [1.29, 1.82) is 0 Å². The number of nitrogens with zero attached hydrogens (tertiary/aromatic N) is 2. The Morgan fingerprint density at radius 3 is 0.783 bits per heavy atom. The Hall–Kier alpha value is -1.78. The van der Waals surface area contributed by atoms with E-state index in [0.717, 1.165) is 32.8 Å². The van der Waals surface area contributed by atoms with Gasteiger partial charge in [-0.2, -0.15) is 7.11 Å². The number of benzene rings is 4. The Balaban J connectivity index is 0.000000292. The second kappa shape index (κ2) is 18.7. The van der Waals surface area contributed by atoms with Crippen LogP contribution in [0.3, 0.4) is 0 Å². The molecule has 2 aliphatic heterocycles. The summed E-state index contributed by atoms with van der Waals surface area (Å²) in [5.74, 6) is 0. The summed E-state index contributed by atoms with van der Waals surface area (Å²) in [7, 11) is 3.69. The molecule has 2 saturated heterocycles. The first-order chi connectivity index (χ1) is 21.3. The molecule has 0 spiro atoms. The van der Waals surface area contributed by atoms with Crippen molar-refractivity contribution >= 4 is 14.6 Å². The monoisotopic (exact) mass is 668 g/mol. The molecule has 2 heterocycles. The van der Waals surface area contributed by atoms with E-state index in [1.807, 2.05) is 110 Å². The van der Waals surface area contributed by atoms with Crippen molar-refractivity contribution in [2.75, 3.05) is 35.3 Å². The molecule has 5 nitrogen and oxygen atoms in total. The standard InChI is InChI=1S/2C18H22NOP.CH3O.CH4.Na/c2*1-19(2)21(20)17(15-9-5-3-6-10-15)13-14-18(21)16-11-7-4-8-12-16;1-2;;/h2*3-12,17-18H,13-14H2,1-2H3;1H3;1H4;/q;;-1;;+1/t17-,18+,21?;17-,18-;;;/m.1.../s1. The predicted molar refractivity (Wildman–Crippen MR) is 190 cm³/mol. The third kappa shape index (κ3) is 8.43. The van der Waals surface area contributed by atoms with E-state index in [-0.39, 0.29) is 59.6 Å². The second-order valence-corrected chi connectivity index (χ2v) is 18.7. The molecule has 6 rings (SSSR count). The molecule has 0 bridgehead atoms. The molecule has 5 atom stereocenters. The van der Waals surface area contributed by atoms with Gasteiger partial charge in [0, 0.05) is 0 Å². The van der Waals surface area contributed by atoms with Crippen LogP contribution < -0.4 is 34.7 Å². The molecular weight excluding hydrogens is 617 g/mol. The molecule has 4 aromatic rings. The quantitative estimate of drug-likeness (QED) is 0.167. The minimum Gasteiger partial charge on any atom is -0.857 e. The molecule has 0 aliphatic carbocycles. The maximum atomic E-state index is 13.9. The van der Waals surface area contributed by atoms with Gasteiger partial charge in [-0.15, -0.1) is 0 Å². The zero-order valence-corrected chi connectivity index (χ0v) is 31.5. The van der Waals surface area contributed by atoms with Gasteiger partial charge in [0.05, 0.1) is 22.6 Å². The van der Waals surface area contributed by atoms with E-state index in [1.54, 1.807) is 0 Å². The van der Waals surface area contributed by atoms with Crippen LogP contribution in [-0.4, -0.2) is 44.6 Å². The van der Waals surface area contributed by atoms with Crippen molar-refractivity contribution in [3.63, 3.8) is 0 Å². The fourth-order valence-corrected chi connectivity index (χ4v) is 14.7. The van der Waals surface area contributed by atoms with Gasteiger partial charge < -0.3 is 14.2 Å². The molecule has 2 aliphatic rings. The van der Waals surface area contributed by atoms with Crippen molar-refractivity contribution < 1.29 is 43.8 Å². The average molecular weight is 669 g/mol. The molecule has 0 amide bonds. The molecule has 0 aromatic heterocycles. The topological polar surface area (TPSA) is 63.7 Å². The van der Waals surface area contributed by atoms with Crippen molar-refractivity contribution in [3.8, 4) is 0 Å². The second-order valence-electron chi connectivity index (χ2n) is 11.9. The zero-order valence-electron chi connectivity index (χ0n) is 27.7. The van der Waals surface area contributed by atoms with Crippen LogP contribution in [0.5, 0.6) is 0 Å². The average Bonchev–Trinajstić information content (AvgIpc) is 3.62. The van der Waals surface area contributed by atoms with E-state index >= 15 is 0 Å². The van der Waals surface area contributed by atoms with Crippen LogP contribution in [0.25, 0.3) is 0 Å². The van der Waals surface area contributed by atoms with Gasteiger partial charge in [-0.1, -0.05) is 129 Å². The summed E-state index contributed by atoms with van der Waals surface area (Å²) in [6, 6.07) is 41.4. The van der Waals surface area contributed by atoms with Crippen LogP contribution in [0.15, 0.2) is 121 Å². The van der Waals surface area contributed by atoms with Gasteiger partial charge in [-0.05, 0) is 76.1 Å². The van der Waals surface area contributed by atoms with Gasteiger partial charge in [-0.25, -0.2) is 0 Å². The van der Waals surface area contributed by atoms with Crippen LogP contribution >= 0.6 is 14.6 Å². The first-order valence-electron chi connectivity index (χ1n) is 15.4. The van der Waals surface area contributed by atoms with Crippen molar-refractivity contribution in [1.82, 2.24) is 9.34 Å². The Labute approximate surface area is 300 Å². The minimum absolute atomic E-state index is 0. The fraction of sp³-hybridized carbons (Fsp3) is 0.368. The van der Waals surface area contributed by atoms with Gasteiger partial charge >= 0.3 is 29.6 Å². The first-order valence-corrected chi connectivity index (χ1v) is 19.0. The smallest absolute Gasteiger partial charge is 0.857 e. The summed E-state index contributed by atoms with van der Waals surface area (Å²) < 4.78 is 31.8. The molecular formula is C38H51N2NaO3P2. The van der Waals surface area contributed by atoms with E-state index in [0.29, 0.717) is 0 Å². The van der Waals surface area contributed by atoms with Gasteiger partial charge in [0.2, 0.25) is 0 Å². The molecule has 1 unspecified atom stereocenters. The van der Waals surface area contributed by atoms with Crippen LogP contribution in [0, 0.1) is 0 Å². The van der Waals surface area contributed by atoms with Crippen LogP contribution in [-0.2, 0) is 9.13 Å². The molecule has 0 radical (unpaired) electrons. The molecule has 0 saturated carbocycles. The maximum Gasteiger partial charge on any atom is 1.00 e.